The molecule has 1 aliphatic rings. The number of nitrogens with one attached hydrogen (secondary N) is 2. The molecular weight excluding hydrogens is 566 g/mol. The van der Waals surface area contributed by atoms with Crippen LogP contribution in [0.15, 0.2) is 114 Å². The number of para-hydroxylation sites is 1. The van der Waals surface area contributed by atoms with Crippen LogP contribution < -0.4 is 10.6 Å². The van der Waals surface area contributed by atoms with Gasteiger partial charge in [0.15, 0.2) is 0 Å². The van der Waals surface area contributed by atoms with E-state index in [0.717, 1.165) is 52.9 Å². The number of fused-ring (bicyclic) bond motifs is 3. The second-order valence-electron chi connectivity index (χ2n) is 10.9. The van der Waals surface area contributed by atoms with Crippen molar-refractivity contribution >= 4 is 52.1 Å². The maximum Gasteiger partial charge on any atom is 0.272 e. The molecule has 7 heteroatoms. The van der Waals surface area contributed by atoms with E-state index in [9.17, 15) is 14.4 Å². The van der Waals surface area contributed by atoms with Gasteiger partial charge in [0.05, 0.1) is 11.3 Å². The average Bonchev–Trinajstić information content (AvgIpc) is 3.39. The van der Waals surface area contributed by atoms with Crippen LogP contribution >= 0.6 is 11.8 Å². The Bertz CT molecular complexity index is 1890. The molecule has 4 aromatic carbocycles. The van der Waals surface area contributed by atoms with E-state index >= 15 is 0 Å². The van der Waals surface area contributed by atoms with Crippen LogP contribution in [0.25, 0.3) is 17.0 Å². The first-order valence-electron chi connectivity index (χ1n) is 14.8. The summed E-state index contributed by atoms with van der Waals surface area (Å²) < 4.78 is 1.92. The second-order valence-corrected chi connectivity index (χ2v) is 11.9. The van der Waals surface area contributed by atoms with Crippen molar-refractivity contribution in [2.45, 2.75) is 37.5 Å². The number of aromatic nitrogens is 1. The molecule has 0 saturated carbocycles. The number of carbonyl (C=O) groups is 3. The molecule has 0 unspecified atom stereocenters. The van der Waals surface area contributed by atoms with Gasteiger partial charge < -0.3 is 10.6 Å². The molecule has 6 rings (SSSR count). The van der Waals surface area contributed by atoms with E-state index < -0.39 is 5.91 Å². The number of aryl methyl sites for hydroxylation is 2. The molecular formula is C37H33N3O3S. The van der Waals surface area contributed by atoms with Crippen molar-refractivity contribution in [1.82, 2.24) is 9.88 Å². The zero-order valence-electron chi connectivity index (χ0n) is 24.5. The topological polar surface area (TPSA) is 80.2 Å². The molecule has 0 radical (unpaired) electrons. The molecule has 220 valence electrons. The highest BCUT2D eigenvalue weighted by molar-refractivity contribution is 8.00. The van der Waals surface area contributed by atoms with Crippen molar-refractivity contribution in [3.05, 3.63) is 137 Å². The summed E-state index contributed by atoms with van der Waals surface area (Å²) >= 11 is 1.44. The second kappa shape index (κ2) is 13.2. The smallest absolute Gasteiger partial charge is 0.272 e. The predicted octanol–water partition coefficient (Wildman–Crippen LogP) is 7.67. The third-order valence-electron chi connectivity index (χ3n) is 7.90. The summed E-state index contributed by atoms with van der Waals surface area (Å²) in [6, 6.07) is 32.1. The van der Waals surface area contributed by atoms with Gasteiger partial charge in [-0.25, -0.2) is 0 Å². The predicted molar refractivity (Wildman–Crippen MR) is 178 cm³/mol. The standard InChI is InChI=1S/C37H33N3O3S/c1-25-12-5-6-15-27(25)22-32(39-36(42)26-13-3-2-4-14-26)37(43)38-28-16-11-17-29(23-28)44-24-35(41)40-33-20-9-7-18-30(33)31-19-8-10-21-34(31)40/h2-7,9,11-18,20,22-23H,8,10,19,21,24H2,1H3,(H,38,43)(H,39,42)/b32-22-. The molecule has 0 aliphatic heterocycles. The summed E-state index contributed by atoms with van der Waals surface area (Å²) in [7, 11) is 0. The minimum atomic E-state index is -0.443. The highest BCUT2D eigenvalue weighted by Crippen LogP contribution is 2.33. The Balaban J connectivity index is 1.19. The Morgan fingerprint density at radius 3 is 2.43 bits per heavy atom. The molecule has 0 spiro atoms. The maximum absolute atomic E-state index is 13.6. The first kappa shape index (κ1) is 29.2. The first-order valence-corrected chi connectivity index (χ1v) is 15.8. The summed E-state index contributed by atoms with van der Waals surface area (Å²) in [5.41, 5.74) is 6.40. The van der Waals surface area contributed by atoms with Crippen molar-refractivity contribution in [3.8, 4) is 0 Å². The van der Waals surface area contributed by atoms with Crippen LogP contribution in [-0.2, 0) is 17.6 Å². The fourth-order valence-corrected chi connectivity index (χ4v) is 6.50. The van der Waals surface area contributed by atoms with Gasteiger partial charge in [-0.2, -0.15) is 0 Å². The Labute approximate surface area is 261 Å². The van der Waals surface area contributed by atoms with E-state index in [0.29, 0.717) is 11.3 Å². The molecule has 0 saturated heterocycles. The number of amides is 2. The van der Waals surface area contributed by atoms with Gasteiger partial charge in [-0.1, -0.05) is 66.7 Å². The van der Waals surface area contributed by atoms with Crippen LogP contribution in [0.1, 0.15) is 50.4 Å². The molecule has 44 heavy (non-hydrogen) atoms. The first-order chi connectivity index (χ1) is 21.5. The molecule has 1 aromatic heterocycles. The van der Waals surface area contributed by atoms with E-state index in [2.05, 4.69) is 16.7 Å². The monoisotopic (exact) mass is 599 g/mol. The Morgan fingerprint density at radius 2 is 1.59 bits per heavy atom. The summed E-state index contributed by atoms with van der Waals surface area (Å²) in [4.78, 5) is 40.9. The van der Waals surface area contributed by atoms with Gasteiger partial charge in [-0.3, -0.25) is 19.0 Å². The number of carbonyl (C=O) groups excluding carboxylic acids is 3. The maximum atomic E-state index is 13.6. The van der Waals surface area contributed by atoms with E-state index in [1.54, 1.807) is 36.4 Å². The Morgan fingerprint density at radius 1 is 0.841 bits per heavy atom. The van der Waals surface area contributed by atoms with Crippen LogP contribution in [0.2, 0.25) is 0 Å². The molecule has 1 aliphatic carbocycles. The molecule has 1 heterocycles. The number of thioether (sulfide) groups is 1. The molecule has 6 nitrogen and oxygen atoms in total. The lowest BCUT2D eigenvalue weighted by molar-refractivity contribution is -0.113. The molecule has 0 atom stereocenters. The third-order valence-corrected chi connectivity index (χ3v) is 8.88. The van der Waals surface area contributed by atoms with Crippen LogP contribution in [-0.4, -0.2) is 28.0 Å². The summed E-state index contributed by atoms with van der Waals surface area (Å²) in [6.45, 7) is 1.95. The molecule has 5 aromatic rings. The van der Waals surface area contributed by atoms with E-state index in [1.165, 1.54) is 22.7 Å². The van der Waals surface area contributed by atoms with Gasteiger partial charge in [-0.05, 0) is 91.8 Å². The molecule has 0 fully saturated rings. The molecule has 2 amide bonds. The molecule has 0 bridgehead atoms. The Kier molecular flexibility index (Phi) is 8.75. The number of anilines is 1. The summed E-state index contributed by atoms with van der Waals surface area (Å²) in [5, 5.41) is 6.91. The zero-order chi connectivity index (χ0) is 30.5. The number of hydrogen-bond acceptors (Lipinski definition) is 4. The lowest BCUT2D eigenvalue weighted by Crippen LogP contribution is -2.30. The van der Waals surface area contributed by atoms with Gasteiger partial charge in [0.25, 0.3) is 11.8 Å². The fraction of sp³-hybridized carbons (Fsp3) is 0.162. The van der Waals surface area contributed by atoms with Crippen LogP contribution in [0.5, 0.6) is 0 Å². The van der Waals surface area contributed by atoms with Gasteiger partial charge in [0.1, 0.15) is 5.70 Å². The van der Waals surface area contributed by atoms with Crippen molar-refractivity contribution < 1.29 is 14.4 Å². The van der Waals surface area contributed by atoms with Gasteiger partial charge >= 0.3 is 0 Å². The number of hydrogen-bond donors (Lipinski definition) is 2. The van der Waals surface area contributed by atoms with E-state index in [-0.39, 0.29) is 23.3 Å². The van der Waals surface area contributed by atoms with Crippen LogP contribution in [0.4, 0.5) is 5.69 Å². The highest BCUT2D eigenvalue weighted by atomic mass is 32.2. The third kappa shape index (κ3) is 6.38. The van der Waals surface area contributed by atoms with Crippen molar-refractivity contribution in [2.24, 2.45) is 0 Å². The lowest BCUT2D eigenvalue weighted by atomic mass is 9.96. The number of nitrogens with zero attached hydrogens (tertiary/aromatic N) is 1. The lowest BCUT2D eigenvalue weighted by Gasteiger charge is -2.15. The average molecular weight is 600 g/mol. The van der Waals surface area contributed by atoms with Gasteiger partial charge in [0.2, 0.25) is 5.91 Å². The normalized spacial score (nSPS) is 12.9. The van der Waals surface area contributed by atoms with Gasteiger partial charge in [-0.15, -0.1) is 11.8 Å². The largest absolute Gasteiger partial charge is 0.321 e. The SMILES string of the molecule is Cc1ccccc1/C=C(\NC(=O)c1ccccc1)C(=O)Nc1cccc(SCC(=O)n2c3c(c4ccccc42)CCCC3)c1. The van der Waals surface area contributed by atoms with Crippen LogP contribution in [0, 0.1) is 6.92 Å². The Hall–Kier alpha value is -4.88. The molecule has 2 N–H and O–H groups in total. The van der Waals surface area contributed by atoms with Crippen molar-refractivity contribution in [2.75, 3.05) is 11.1 Å². The number of benzene rings is 4. The van der Waals surface area contributed by atoms with E-state index in [1.807, 2.05) is 78.2 Å². The van der Waals surface area contributed by atoms with Crippen molar-refractivity contribution in [3.63, 3.8) is 0 Å². The van der Waals surface area contributed by atoms with E-state index in [4.69, 9.17) is 0 Å². The van der Waals surface area contributed by atoms with Gasteiger partial charge in [0, 0.05) is 27.2 Å². The zero-order valence-corrected chi connectivity index (χ0v) is 25.3. The highest BCUT2D eigenvalue weighted by Gasteiger charge is 2.23. The number of rotatable bonds is 8. The summed E-state index contributed by atoms with van der Waals surface area (Å²) in [5.74, 6) is -0.492. The fourth-order valence-electron chi connectivity index (χ4n) is 5.70. The minimum Gasteiger partial charge on any atom is -0.321 e. The van der Waals surface area contributed by atoms with Crippen LogP contribution in [0.3, 0.4) is 0 Å². The minimum absolute atomic E-state index is 0.0517. The summed E-state index contributed by atoms with van der Waals surface area (Å²) in [6.07, 6.45) is 5.86. The quantitative estimate of drug-likeness (QED) is 0.142. The van der Waals surface area contributed by atoms with Crippen molar-refractivity contribution in [1.29, 1.82) is 0 Å².